The molecule has 11 nitrogen and oxygen atoms in total. The first kappa shape index (κ1) is 32.0. The number of benzene rings is 3. The van der Waals surface area contributed by atoms with Gasteiger partial charge < -0.3 is 31.0 Å². The van der Waals surface area contributed by atoms with Crippen molar-refractivity contribution in [3.63, 3.8) is 0 Å². The zero-order valence-corrected chi connectivity index (χ0v) is 25.5. The molecule has 5 N–H and O–H groups in total. The molecule has 1 aliphatic heterocycles. The second kappa shape index (κ2) is 15.0. The topological polar surface area (TPSA) is 158 Å². The molecule has 3 aromatic carbocycles. The number of methoxy groups -OCH3 is 1. The maximum Gasteiger partial charge on any atom is 0.289 e. The van der Waals surface area contributed by atoms with Crippen molar-refractivity contribution >= 4 is 40.3 Å². The molecule has 5 rings (SSSR count). The molecular formula is C35H37N5O6. The lowest BCUT2D eigenvalue weighted by Gasteiger charge is -2.27. The molecule has 0 bridgehead atoms. The largest absolute Gasteiger partial charge is 0.497 e. The summed E-state index contributed by atoms with van der Waals surface area (Å²) in [5.41, 5.74) is 2.53. The number of amides is 4. The Balaban J connectivity index is 1.36. The van der Waals surface area contributed by atoms with Gasteiger partial charge in [-0.3, -0.25) is 24.0 Å². The summed E-state index contributed by atoms with van der Waals surface area (Å²) >= 11 is 0. The molecule has 4 amide bonds. The second-order valence-corrected chi connectivity index (χ2v) is 11.3. The third kappa shape index (κ3) is 8.17. The Morgan fingerprint density at radius 1 is 0.891 bits per heavy atom. The van der Waals surface area contributed by atoms with Gasteiger partial charge in [0.25, 0.3) is 11.8 Å². The first-order valence-corrected chi connectivity index (χ1v) is 15.3. The molecule has 1 saturated heterocycles. The fraction of sp³-hybridized carbons (Fsp3) is 0.286. The second-order valence-electron chi connectivity index (χ2n) is 11.3. The van der Waals surface area contributed by atoms with Gasteiger partial charge in [-0.15, -0.1) is 0 Å². The van der Waals surface area contributed by atoms with Crippen LogP contribution in [-0.2, 0) is 32.1 Å². The summed E-state index contributed by atoms with van der Waals surface area (Å²) in [6.45, 7) is 0.655. The highest BCUT2D eigenvalue weighted by molar-refractivity contribution is 6.38. The zero-order valence-electron chi connectivity index (χ0n) is 25.5. The van der Waals surface area contributed by atoms with Gasteiger partial charge >= 0.3 is 0 Å². The summed E-state index contributed by atoms with van der Waals surface area (Å²) in [5.74, 6) is -3.07. The van der Waals surface area contributed by atoms with Crippen LogP contribution >= 0.6 is 0 Å². The Morgan fingerprint density at radius 2 is 1.61 bits per heavy atom. The van der Waals surface area contributed by atoms with Crippen LogP contribution in [-0.4, -0.2) is 60.1 Å². The van der Waals surface area contributed by atoms with Gasteiger partial charge in [-0.1, -0.05) is 60.7 Å². The smallest absolute Gasteiger partial charge is 0.289 e. The zero-order chi connectivity index (χ0) is 32.5. The van der Waals surface area contributed by atoms with E-state index < -0.39 is 41.5 Å². The van der Waals surface area contributed by atoms with E-state index in [1.54, 1.807) is 31.4 Å². The van der Waals surface area contributed by atoms with Crippen LogP contribution in [0.25, 0.3) is 10.9 Å². The average molecular weight is 624 g/mol. The Hall–Kier alpha value is -5.45. The maximum absolute atomic E-state index is 13.9. The van der Waals surface area contributed by atoms with Crippen molar-refractivity contribution in [1.82, 2.24) is 26.3 Å². The normalized spacial score (nSPS) is 15.7. The molecule has 0 radical (unpaired) electrons. The Morgan fingerprint density at radius 3 is 2.30 bits per heavy atom. The number of piperidine rings is 1. The summed E-state index contributed by atoms with van der Waals surface area (Å²) in [5, 5.41) is 11.7. The van der Waals surface area contributed by atoms with E-state index in [2.05, 4.69) is 26.3 Å². The van der Waals surface area contributed by atoms with Crippen LogP contribution in [0.2, 0.25) is 0 Å². The Labute approximate surface area is 266 Å². The van der Waals surface area contributed by atoms with Gasteiger partial charge in [0.15, 0.2) is 0 Å². The minimum Gasteiger partial charge on any atom is -0.497 e. The van der Waals surface area contributed by atoms with E-state index in [4.69, 9.17) is 4.74 Å². The van der Waals surface area contributed by atoms with Crippen LogP contribution in [0.1, 0.15) is 40.9 Å². The van der Waals surface area contributed by atoms with Crippen molar-refractivity contribution in [1.29, 1.82) is 0 Å². The number of Topliss-reactive ketones (excluding diaryl/α,β-unsaturated/α-hetero) is 1. The number of carbonyl (C=O) groups excluding carboxylic acids is 5. The molecule has 11 heteroatoms. The molecule has 1 aliphatic rings. The summed E-state index contributed by atoms with van der Waals surface area (Å²) < 4.78 is 5.28. The van der Waals surface area contributed by atoms with Gasteiger partial charge in [0.05, 0.1) is 13.2 Å². The quantitative estimate of drug-likeness (QED) is 0.144. The van der Waals surface area contributed by atoms with E-state index in [9.17, 15) is 24.0 Å². The first-order chi connectivity index (χ1) is 22.3. The minimum absolute atomic E-state index is 0.0506. The van der Waals surface area contributed by atoms with Crippen molar-refractivity contribution in [3.8, 4) is 5.75 Å². The lowest BCUT2D eigenvalue weighted by Crippen LogP contribution is -2.55. The minimum atomic E-state index is -1.28. The summed E-state index contributed by atoms with van der Waals surface area (Å²) in [7, 11) is 1.56. The van der Waals surface area contributed by atoms with E-state index in [1.165, 1.54) is 0 Å². The fourth-order valence-corrected chi connectivity index (χ4v) is 5.53. The molecule has 1 fully saturated rings. The summed E-state index contributed by atoms with van der Waals surface area (Å²) in [6.07, 6.45) is 1.31. The van der Waals surface area contributed by atoms with Crippen LogP contribution in [0.15, 0.2) is 84.9 Å². The van der Waals surface area contributed by atoms with Crippen LogP contribution in [0, 0.1) is 5.92 Å². The van der Waals surface area contributed by atoms with Crippen LogP contribution in [0.3, 0.4) is 0 Å². The number of carbonyl (C=O) groups is 5. The number of ketones is 1. The lowest BCUT2D eigenvalue weighted by atomic mass is 9.89. The van der Waals surface area contributed by atoms with Crippen molar-refractivity contribution in [2.45, 2.75) is 44.3 Å². The monoisotopic (exact) mass is 623 g/mol. The molecule has 0 spiro atoms. The van der Waals surface area contributed by atoms with Gasteiger partial charge in [-0.2, -0.15) is 0 Å². The number of rotatable bonds is 13. The Bertz CT molecular complexity index is 1700. The van der Waals surface area contributed by atoms with Gasteiger partial charge in [0, 0.05) is 36.3 Å². The number of hydrogen-bond donors (Lipinski definition) is 5. The predicted octanol–water partition coefficient (Wildman–Crippen LogP) is 2.80. The number of ether oxygens (including phenoxy) is 1. The fourth-order valence-electron chi connectivity index (χ4n) is 5.53. The molecule has 0 aliphatic carbocycles. The number of aromatic amines is 1. The lowest BCUT2D eigenvalue weighted by molar-refractivity contribution is -0.141. The van der Waals surface area contributed by atoms with Gasteiger partial charge in [0.1, 0.15) is 17.5 Å². The number of aromatic nitrogens is 1. The molecule has 238 valence electrons. The molecule has 4 aromatic rings. The van der Waals surface area contributed by atoms with E-state index in [0.717, 1.165) is 16.5 Å². The van der Waals surface area contributed by atoms with E-state index >= 15 is 0 Å². The summed E-state index contributed by atoms with van der Waals surface area (Å²) in [6, 6.07) is 22.9. The maximum atomic E-state index is 13.9. The van der Waals surface area contributed by atoms with Crippen molar-refractivity contribution in [2.75, 3.05) is 13.7 Å². The van der Waals surface area contributed by atoms with Gasteiger partial charge in [-0.25, -0.2) is 0 Å². The number of H-pyrrole nitrogens is 1. The SMILES string of the molecule is COc1ccc2[nH]c(C(=O)N[C@@H](Cc3ccccc3)C(=O)N[C@@H](C[C@@H]3CCCNC3=O)C(=O)C(=O)NCc3ccccc3)cc2c1. The summed E-state index contributed by atoms with van der Waals surface area (Å²) in [4.78, 5) is 69.5. The first-order valence-electron chi connectivity index (χ1n) is 15.3. The van der Waals surface area contributed by atoms with E-state index in [-0.39, 0.29) is 31.0 Å². The van der Waals surface area contributed by atoms with Crippen LogP contribution in [0.4, 0.5) is 0 Å². The van der Waals surface area contributed by atoms with Gasteiger partial charge in [0.2, 0.25) is 17.6 Å². The third-order valence-corrected chi connectivity index (χ3v) is 8.05. The highest BCUT2D eigenvalue weighted by Gasteiger charge is 2.35. The highest BCUT2D eigenvalue weighted by atomic mass is 16.5. The molecule has 0 unspecified atom stereocenters. The predicted molar refractivity (Wildman–Crippen MR) is 172 cm³/mol. The van der Waals surface area contributed by atoms with E-state index in [0.29, 0.717) is 30.7 Å². The Kier molecular flexibility index (Phi) is 10.4. The van der Waals surface area contributed by atoms with Gasteiger partial charge in [-0.05, 0) is 54.7 Å². The van der Waals surface area contributed by atoms with Crippen LogP contribution in [0.5, 0.6) is 5.75 Å². The number of hydrogen-bond acceptors (Lipinski definition) is 6. The molecule has 46 heavy (non-hydrogen) atoms. The van der Waals surface area contributed by atoms with E-state index in [1.807, 2.05) is 60.7 Å². The highest BCUT2D eigenvalue weighted by Crippen LogP contribution is 2.22. The molecular weight excluding hydrogens is 586 g/mol. The average Bonchev–Trinajstić information content (AvgIpc) is 3.52. The number of nitrogens with one attached hydrogen (secondary N) is 5. The molecule has 3 atom stereocenters. The van der Waals surface area contributed by atoms with Crippen molar-refractivity contribution < 1.29 is 28.7 Å². The molecule has 2 heterocycles. The van der Waals surface area contributed by atoms with Crippen molar-refractivity contribution in [3.05, 3.63) is 102 Å². The third-order valence-electron chi connectivity index (χ3n) is 8.05. The van der Waals surface area contributed by atoms with Crippen LogP contribution < -0.4 is 26.0 Å². The van der Waals surface area contributed by atoms with Crippen molar-refractivity contribution in [2.24, 2.45) is 5.92 Å². The molecule has 0 saturated carbocycles. The molecule has 1 aromatic heterocycles. The standard InChI is InChI=1S/C35H37N5O6/c1-46-26-14-15-27-25(18-26)20-30(38-27)34(44)40-29(17-22-9-4-2-5-10-22)33(43)39-28(19-24-13-8-16-36-32(24)42)31(41)35(45)37-21-23-11-6-3-7-12-23/h2-7,9-12,14-15,18,20,24,28-29,38H,8,13,16-17,19,21H2,1H3,(H,36,42)(H,37,45)(H,39,43)(H,40,44)/t24-,28-,29-/m0/s1. The number of fused-ring (bicyclic) bond motifs is 1.